The third kappa shape index (κ3) is 2.79. The molecule has 1 aliphatic rings. The lowest BCUT2D eigenvalue weighted by Crippen LogP contribution is -2.41. The van der Waals surface area contributed by atoms with E-state index >= 15 is 0 Å². The van der Waals surface area contributed by atoms with Crippen molar-refractivity contribution < 1.29 is 5.11 Å². The average molecular weight is 323 g/mol. The van der Waals surface area contributed by atoms with Crippen molar-refractivity contribution in [2.45, 2.75) is 38.5 Å². The van der Waals surface area contributed by atoms with Crippen LogP contribution >= 0.6 is 0 Å². The van der Waals surface area contributed by atoms with Crippen LogP contribution in [0.5, 0.6) is 0 Å². The molecule has 0 amide bonds. The fraction of sp³-hybridized carbons (Fsp3) is 0.389. The van der Waals surface area contributed by atoms with Crippen LogP contribution in [0.4, 0.5) is 0 Å². The topological polar surface area (TPSA) is 77.9 Å². The molecule has 0 spiro atoms. The summed E-state index contributed by atoms with van der Waals surface area (Å²) >= 11 is 0. The highest BCUT2D eigenvalue weighted by atomic mass is 16.3. The number of benzene rings is 1. The molecule has 1 saturated heterocycles. The second-order valence-corrected chi connectivity index (χ2v) is 6.37. The smallest absolute Gasteiger partial charge is 0.143 e. The fourth-order valence-corrected chi connectivity index (χ4v) is 3.59. The Hall–Kier alpha value is -2.31. The van der Waals surface area contributed by atoms with Gasteiger partial charge >= 0.3 is 0 Å². The van der Waals surface area contributed by atoms with Crippen LogP contribution in [0.3, 0.4) is 0 Å². The molecule has 1 aliphatic heterocycles. The zero-order chi connectivity index (χ0) is 16.5. The number of hydrogen-bond donors (Lipinski definition) is 2. The van der Waals surface area contributed by atoms with E-state index in [1.807, 2.05) is 37.3 Å². The van der Waals surface area contributed by atoms with Crippen LogP contribution in [0.1, 0.15) is 36.1 Å². The largest absolute Gasteiger partial charge is 0.391 e. The lowest BCUT2D eigenvalue weighted by Gasteiger charge is -2.37. The molecule has 24 heavy (non-hydrogen) atoms. The van der Waals surface area contributed by atoms with Crippen molar-refractivity contribution in [3.63, 3.8) is 0 Å². The Bertz CT molecular complexity index is 833. The first-order chi connectivity index (χ1) is 11.7. The van der Waals surface area contributed by atoms with E-state index < -0.39 is 6.10 Å². The minimum absolute atomic E-state index is 0.111. The molecule has 4 rings (SSSR count). The summed E-state index contributed by atoms with van der Waals surface area (Å²) in [6, 6.07) is 9.89. The van der Waals surface area contributed by atoms with Crippen LogP contribution in [0.2, 0.25) is 0 Å². The van der Waals surface area contributed by atoms with Gasteiger partial charge in [0.15, 0.2) is 0 Å². The molecule has 2 N–H and O–H groups in total. The van der Waals surface area contributed by atoms with E-state index in [1.165, 1.54) is 0 Å². The van der Waals surface area contributed by atoms with Gasteiger partial charge in [-0.15, -0.1) is 0 Å². The van der Waals surface area contributed by atoms with Crippen LogP contribution in [0.15, 0.2) is 36.5 Å². The third-order valence-corrected chi connectivity index (χ3v) is 4.71. The number of H-pyrrole nitrogens is 1. The molecular formula is C18H21N5O. The van der Waals surface area contributed by atoms with Crippen molar-refractivity contribution in [2.24, 2.45) is 0 Å². The van der Waals surface area contributed by atoms with Gasteiger partial charge in [-0.25, -0.2) is 9.97 Å². The van der Waals surface area contributed by atoms with Crippen LogP contribution in [0, 0.1) is 6.92 Å². The van der Waals surface area contributed by atoms with Crippen molar-refractivity contribution >= 4 is 10.9 Å². The molecule has 1 fully saturated rings. The number of likely N-dealkylation sites (tertiary alicyclic amines) is 1. The molecule has 2 atom stereocenters. The van der Waals surface area contributed by atoms with Gasteiger partial charge in [0, 0.05) is 17.3 Å². The van der Waals surface area contributed by atoms with Crippen LogP contribution in [-0.4, -0.2) is 42.8 Å². The molecule has 0 aliphatic carbocycles. The normalized spacial score (nSPS) is 22.1. The molecule has 3 heterocycles. The van der Waals surface area contributed by atoms with E-state index in [0.717, 1.165) is 47.5 Å². The molecule has 3 aromatic rings. The van der Waals surface area contributed by atoms with E-state index in [1.54, 1.807) is 6.20 Å². The maximum Gasteiger partial charge on any atom is 0.143 e. The van der Waals surface area contributed by atoms with E-state index in [2.05, 4.69) is 20.1 Å². The number of nitrogens with one attached hydrogen (secondary N) is 1. The Balaban J connectivity index is 1.65. The van der Waals surface area contributed by atoms with E-state index in [9.17, 15) is 5.11 Å². The number of aliphatic hydroxyl groups is 1. The molecule has 2 aromatic heterocycles. The van der Waals surface area contributed by atoms with Crippen LogP contribution in [0.25, 0.3) is 10.9 Å². The lowest BCUT2D eigenvalue weighted by atomic mass is 9.96. The van der Waals surface area contributed by atoms with Crippen molar-refractivity contribution in [2.75, 3.05) is 6.54 Å². The molecule has 0 bridgehead atoms. The zero-order valence-corrected chi connectivity index (χ0v) is 13.7. The number of aromatic nitrogens is 4. The van der Waals surface area contributed by atoms with Gasteiger partial charge < -0.3 is 5.11 Å². The van der Waals surface area contributed by atoms with Gasteiger partial charge in [-0.1, -0.05) is 18.2 Å². The number of aryl methyl sites for hydroxylation is 1. The summed E-state index contributed by atoms with van der Waals surface area (Å²) in [5.74, 6) is 0.792. The summed E-state index contributed by atoms with van der Waals surface area (Å²) < 4.78 is 0. The molecular weight excluding hydrogens is 302 g/mol. The second-order valence-electron chi connectivity index (χ2n) is 6.37. The fourth-order valence-electron chi connectivity index (χ4n) is 3.59. The number of rotatable bonds is 3. The van der Waals surface area contributed by atoms with Gasteiger partial charge in [0.2, 0.25) is 0 Å². The van der Waals surface area contributed by atoms with Gasteiger partial charge in [-0.2, -0.15) is 5.10 Å². The van der Waals surface area contributed by atoms with E-state index in [-0.39, 0.29) is 6.04 Å². The summed E-state index contributed by atoms with van der Waals surface area (Å²) in [5.41, 5.74) is 2.83. The summed E-state index contributed by atoms with van der Waals surface area (Å²) in [5, 5.41) is 18.7. The highest BCUT2D eigenvalue weighted by molar-refractivity contribution is 5.80. The Morgan fingerprint density at radius 2 is 2.12 bits per heavy atom. The number of aliphatic hydroxyl groups excluding tert-OH is 1. The number of para-hydroxylation sites is 1. The van der Waals surface area contributed by atoms with E-state index in [4.69, 9.17) is 4.98 Å². The van der Waals surface area contributed by atoms with Crippen LogP contribution < -0.4 is 0 Å². The first kappa shape index (κ1) is 15.2. The number of piperidine rings is 1. The average Bonchev–Trinajstić information content (AvgIpc) is 3.09. The minimum Gasteiger partial charge on any atom is -0.391 e. The maximum atomic E-state index is 10.5. The first-order valence-electron chi connectivity index (χ1n) is 8.36. The van der Waals surface area contributed by atoms with Crippen molar-refractivity contribution in [1.29, 1.82) is 0 Å². The number of hydrogen-bond acceptors (Lipinski definition) is 5. The van der Waals surface area contributed by atoms with Crippen molar-refractivity contribution in [1.82, 2.24) is 25.1 Å². The SMILES string of the molecule is Cc1nc(CN2CCCC(O)C2c2cc[nH]n2)nc2ccccc12. The molecule has 1 aromatic carbocycles. The lowest BCUT2D eigenvalue weighted by molar-refractivity contribution is 0.00198. The number of fused-ring (bicyclic) bond motifs is 1. The summed E-state index contributed by atoms with van der Waals surface area (Å²) in [4.78, 5) is 11.6. The van der Waals surface area contributed by atoms with Gasteiger partial charge in [0.05, 0.1) is 29.9 Å². The summed E-state index contributed by atoms with van der Waals surface area (Å²) in [6.07, 6.45) is 3.15. The standard InChI is InChI=1S/C18H21N5O/c1-12-13-5-2-3-6-14(13)21-17(20-12)11-23-10-4-7-16(24)18(23)15-8-9-19-22-15/h2-3,5-6,8-9,16,18,24H,4,7,10-11H2,1H3,(H,19,22). The van der Waals surface area contributed by atoms with Crippen LogP contribution in [-0.2, 0) is 6.54 Å². The molecule has 0 saturated carbocycles. The summed E-state index contributed by atoms with van der Waals surface area (Å²) in [6.45, 7) is 3.54. The Labute approximate surface area is 140 Å². The maximum absolute atomic E-state index is 10.5. The third-order valence-electron chi connectivity index (χ3n) is 4.71. The minimum atomic E-state index is -0.413. The first-order valence-corrected chi connectivity index (χ1v) is 8.36. The summed E-state index contributed by atoms with van der Waals surface area (Å²) in [7, 11) is 0. The highest BCUT2D eigenvalue weighted by Crippen LogP contribution is 2.31. The Morgan fingerprint density at radius 3 is 2.96 bits per heavy atom. The van der Waals surface area contributed by atoms with E-state index in [0.29, 0.717) is 6.54 Å². The number of aromatic amines is 1. The molecule has 124 valence electrons. The number of nitrogens with zero attached hydrogens (tertiary/aromatic N) is 4. The van der Waals surface area contributed by atoms with Gasteiger partial charge in [-0.3, -0.25) is 10.00 Å². The Kier molecular flexibility index (Phi) is 4.00. The highest BCUT2D eigenvalue weighted by Gasteiger charge is 2.33. The predicted octanol–water partition coefficient (Wildman–Crippen LogP) is 2.36. The second kappa shape index (κ2) is 6.30. The molecule has 2 unspecified atom stereocenters. The quantitative estimate of drug-likeness (QED) is 0.773. The van der Waals surface area contributed by atoms with Gasteiger partial charge in [0.1, 0.15) is 5.82 Å². The van der Waals surface area contributed by atoms with Gasteiger partial charge in [-0.05, 0) is 38.4 Å². The van der Waals surface area contributed by atoms with Gasteiger partial charge in [0.25, 0.3) is 0 Å². The zero-order valence-electron chi connectivity index (χ0n) is 13.7. The predicted molar refractivity (Wildman–Crippen MR) is 91.3 cm³/mol. The monoisotopic (exact) mass is 323 g/mol. The van der Waals surface area contributed by atoms with Crippen molar-refractivity contribution in [3.8, 4) is 0 Å². The van der Waals surface area contributed by atoms with Crippen molar-refractivity contribution in [3.05, 3.63) is 53.7 Å². The molecule has 0 radical (unpaired) electrons. The Morgan fingerprint density at radius 1 is 1.25 bits per heavy atom. The molecule has 6 heteroatoms. The molecule has 6 nitrogen and oxygen atoms in total.